The summed E-state index contributed by atoms with van der Waals surface area (Å²) in [7, 11) is 0. The number of epoxide rings is 1. The molecule has 70 valence electrons. The molecule has 0 aromatic carbocycles. The molecule has 0 amide bonds. The smallest absolute Gasteiger partial charge is 0.174 e. The lowest BCUT2D eigenvalue weighted by Crippen LogP contribution is -2.41. The van der Waals surface area contributed by atoms with Gasteiger partial charge in [-0.25, -0.2) is 0 Å². The van der Waals surface area contributed by atoms with E-state index in [4.69, 9.17) is 4.74 Å². The van der Waals surface area contributed by atoms with E-state index in [0.29, 0.717) is 0 Å². The van der Waals surface area contributed by atoms with Crippen LogP contribution in [0.5, 0.6) is 0 Å². The Morgan fingerprint density at radius 3 is 1.25 bits per heavy atom. The molecule has 0 aliphatic carbocycles. The summed E-state index contributed by atoms with van der Waals surface area (Å²) in [5.41, 5.74) is 0.171. The maximum atomic E-state index is 5.64. The van der Waals surface area contributed by atoms with Crippen molar-refractivity contribution >= 4 is 0 Å². The summed E-state index contributed by atoms with van der Waals surface area (Å²) in [6.45, 7) is 17.2. The monoisotopic (exact) mass is 168 g/mol. The van der Waals surface area contributed by atoms with Crippen LogP contribution in [0.4, 0.5) is 0 Å². The van der Waals surface area contributed by atoms with E-state index in [1.165, 1.54) is 0 Å². The summed E-state index contributed by atoms with van der Waals surface area (Å²) >= 11 is 0. The number of hydrogen-bond donors (Lipinski definition) is 0. The van der Waals surface area contributed by atoms with E-state index in [0.717, 1.165) is 5.76 Å². The summed E-state index contributed by atoms with van der Waals surface area (Å²) in [4.78, 5) is 0. The normalized spacial score (nSPS) is 22.0. The summed E-state index contributed by atoms with van der Waals surface area (Å²) < 4.78 is 5.64. The first-order chi connectivity index (χ1) is 5.13. The largest absolute Gasteiger partial charge is 0.479 e. The topological polar surface area (TPSA) is 12.5 Å². The van der Waals surface area contributed by atoms with Crippen LogP contribution in [0.15, 0.2) is 12.3 Å². The quantitative estimate of drug-likeness (QED) is 0.505. The van der Waals surface area contributed by atoms with Crippen LogP contribution >= 0.6 is 0 Å². The van der Waals surface area contributed by atoms with Gasteiger partial charge in [0, 0.05) is 10.8 Å². The molecule has 1 saturated heterocycles. The molecule has 0 spiro atoms. The molecule has 1 aliphatic rings. The van der Waals surface area contributed by atoms with Gasteiger partial charge >= 0.3 is 0 Å². The Balaban J connectivity index is 3.04. The lowest BCUT2D eigenvalue weighted by atomic mass is 9.66. The van der Waals surface area contributed by atoms with E-state index in [-0.39, 0.29) is 16.4 Å². The van der Waals surface area contributed by atoms with Crippen LogP contribution < -0.4 is 0 Å². The zero-order valence-electron chi connectivity index (χ0n) is 9.12. The predicted molar refractivity (Wildman–Crippen MR) is 51.9 cm³/mol. The molecule has 1 nitrogen and oxygen atoms in total. The van der Waals surface area contributed by atoms with Crippen molar-refractivity contribution in [2.24, 2.45) is 10.8 Å². The van der Waals surface area contributed by atoms with Gasteiger partial charge in [-0.2, -0.15) is 0 Å². The first-order valence-corrected chi connectivity index (χ1v) is 4.51. The maximum absolute atomic E-state index is 5.64. The van der Waals surface area contributed by atoms with Gasteiger partial charge in [0.05, 0.1) is 0 Å². The van der Waals surface area contributed by atoms with Gasteiger partial charge in [0.1, 0.15) is 5.76 Å². The molecule has 1 heteroatoms. The highest BCUT2D eigenvalue weighted by Gasteiger charge is 2.66. The second-order valence-electron chi connectivity index (χ2n) is 5.71. The highest BCUT2D eigenvalue weighted by atomic mass is 16.6. The molecule has 1 rings (SSSR count). The summed E-state index contributed by atoms with van der Waals surface area (Å²) in [6, 6.07) is 0. The Hall–Kier alpha value is -0.460. The number of hydrogen-bond acceptors (Lipinski definition) is 1. The van der Waals surface area contributed by atoms with Gasteiger partial charge in [-0.15, -0.1) is 0 Å². The van der Waals surface area contributed by atoms with E-state index in [1.54, 1.807) is 0 Å². The van der Waals surface area contributed by atoms with Crippen molar-refractivity contribution in [1.82, 2.24) is 0 Å². The molecule has 0 unspecified atom stereocenters. The summed E-state index contributed by atoms with van der Waals surface area (Å²) in [6.07, 6.45) is 0. The van der Waals surface area contributed by atoms with Gasteiger partial charge < -0.3 is 4.74 Å². The fourth-order valence-electron chi connectivity index (χ4n) is 2.43. The third-order valence-electron chi connectivity index (χ3n) is 2.74. The van der Waals surface area contributed by atoms with E-state index in [2.05, 4.69) is 48.1 Å². The van der Waals surface area contributed by atoms with Gasteiger partial charge in [0.25, 0.3) is 0 Å². The lowest BCUT2D eigenvalue weighted by Gasteiger charge is -2.36. The first-order valence-electron chi connectivity index (χ1n) is 4.51. The van der Waals surface area contributed by atoms with E-state index < -0.39 is 0 Å². The fraction of sp³-hybridized carbons (Fsp3) is 0.818. The molecule has 0 atom stereocenters. The Bertz CT molecular complexity index is 198. The highest BCUT2D eigenvalue weighted by Crippen LogP contribution is 2.62. The maximum Gasteiger partial charge on any atom is 0.174 e. The van der Waals surface area contributed by atoms with Gasteiger partial charge in [-0.1, -0.05) is 48.1 Å². The van der Waals surface area contributed by atoms with Gasteiger partial charge in [-0.05, 0) is 0 Å². The SMILES string of the molecule is C=C1OC1(C(C)(C)C)C(C)(C)C. The van der Waals surface area contributed by atoms with E-state index >= 15 is 0 Å². The van der Waals surface area contributed by atoms with Crippen LogP contribution in [0, 0.1) is 10.8 Å². The molecule has 1 fully saturated rings. The summed E-state index contributed by atoms with van der Waals surface area (Å²) in [5, 5.41) is 0. The van der Waals surface area contributed by atoms with Crippen LogP contribution in [0.1, 0.15) is 41.5 Å². The van der Waals surface area contributed by atoms with Crippen LogP contribution in [0.25, 0.3) is 0 Å². The van der Waals surface area contributed by atoms with Crippen molar-refractivity contribution in [3.8, 4) is 0 Å². The molecular weight excluding hydrogens is 148 g/mol. The third kappa shape index (κ3) is 0.988. The highest BCUT2D eigenvalue weighted by molar-refractivity contribution is 5.30. The van der Waals surface area contributed by atoms with E-state index in [1.807, 2.05) is 0 Å². The van der Waals surface area contributed by atoms with Crippen molar-refractivity contribution in [3.63, 3.8) is 0 Å². The van der Waals surface area contributed by atoms with Gasteiger partial charge in [0.15, 0.2) is 5.60 Å². The number of rotatable bonds is 0. The Morgan fingerprint density at radius 2 is 1.25 bits per heavy atom. The molecule has 0 N–H and O–H groups in total. The molecule has 0 aromatic heterocycles. The van der Waals surface area contributed by atoms with Crippen molar-refractivity contribution in [3.05, 3.63) is 12.3 Å². The Kier molecular flexibility index (Phi) is 1.66. The molecular formula is C11H20O. The van der Waals surface area contributed by atoms with Crippen molar-refractivity contribution in [2.75, 3.05) is 0 Å². The fourth-order valence-corrected chi connectivity index (χ4v) is 2.43. The minimum absolute atomic E-state index is 0.111. The second-order valence-corrected chi connectivity index (χ2v) is 5.71. The minimum atomic E-state index is -0.111. The second kappa shape index (κ2) is 2.07. The molecule has 1 aliphatic heterocycles. The third-order valence-corrected chi connectivity index (χ3v) is 2.74. The van der Waals surface area contributed by atoms with Crippen molar-refractivity contribution in [2.45, 2.75) is 47.1 Å². The van der Waals surface area contributed by atoms with Gasteiger partial charge in [0.2, 0.25) is 0 Å². The van der Waals surface area contributed by atoms with Crippen LogP contribution in [-0.2, 0) is 4.74 Å². The average Bonchev–Trinajstić information content (AvgIpc) is 2.36. The molecule has 0 saturated carbocycles. The molecule has 1 heterocycles. The van der Waals surface area contributed by atoms with Crippen LogP contribution in [0.3, 0.4) is 0 Å². The molecule has 0 aromatic rings. The van der Waals surface area contributed by atoms with Crippen molar-refractivity contribution in [1.29, 1.82) is 0 Å². The summed E-state index contributed by atoms with van der Waals surface area (Å²) in [5.74, 6) is 0.947. The first kappa shape index (κ1) is 9.63. The van der Waals surface area contributed by atoms with Crippen molar-refractivity contribution < 1.29 is 4.74 Å². The minimum Gasteiger partial charge on any atom is -0.479 e. The zero-order valence-corrected chi connectivity index (χ0v) is 9.12. The standard InChI is InChI=1S/C11H20O/c1-8-11(12-8,9(2,3)4)10(5,6)7/h1H2,2-7H3. The molecule has 0 bridgehead atoms. The van der Waals surface area contributed by atoms with Gasteiger partial charge in [-0.3, -0.25) is 0 Å². The Labute approximate surface area is 75.8 Å². The molecule has 0 radical (unpaired) electrons. The predicted octanol–water partition coefficient (Wildman–Crippen LogP) is 3.36. The van der Waals surface area contributed by atoms with Crippen LogP contribution in [-0.4, -0.2) is 5.60 Å². The van der Waals surface area contributed by atoms with Crippen LogP contribution in [0.2, 0.25) is 0 Å². The lowest BCUT2D eigenvalue weighted by molar-refractivity contribution is 0.0488. The molecule has 12 heavy (non-hydrogen) atoms. The average molecular weight is 168 g/mol. The Morgan fingerprint density at radius 1 is 1.00 bits per heavy atom. The van der Waals surface area contributed by atoms with E-state index in [9.17, 15) is 0 Å². The number of ether oxygens (including phenoxy) is 1. The zero-order chi connectivity index (χ0) is 9.78.